The molecule has 2 heterocycles. The molecule has 180 valence electrons. The van der Waals surface area contributed by atoms with Crippen molar-refractivity contribution >= 4 is 37.0 Å². The Labute approximate surface area is 202 Å². The van der Waals surface area contributed by atoms with Crippen LogP contribution in [0.4, 0.5) is 5.95 Å². The van der Waals surface area contributed by atoms with E-state index in [2.05, 4.69) is 10.3 Å². The molecule has 0 spiro atoms. The lowest BCUT2D eigenvalue weighted by Crippen LogP contribution is -2.12. The monoisotopic (exact) mass is 510 g/mol. The normalized spacial score (nSPS) is 14.2. The first-order valence-electron chi connectivity index (χ1n) is 10.8. The predicted molar refractivity (Wildman–Crippen MR) is 131 cm³/mol. The van der Waals surface area contributed by atoms with E-state index in [0.717, 1.165) is 24.1 Å². The third-order valence-corrected chi connectivity index (χ3v) is 7.53. The largest absolute Gasteiger partial charge is 0.350 e. The molecule has 0 atom stereocenters. The van der Waals surface area contributed by atoms with Gasteiger partial charge in [-0.05, 0) is 54.8 Å². The minimum absolute atomic E-state index is 0.0206. The third kappa shape index (κ3) is 5.15. The molecular formula is C23H22N6O4S2. The Kier molecular flexibility index (Phi) is 5.75. The fraction of sp³-hybridized carbons (Fsp3) is 0.174. The van der Waals surface area contributed by atoms with E-state index in [0.29, 0.717) is 34.8 Å². The van der Waals surface area contributed by atoms with Crippen LogP contribution in [0.1, 0.15) is 30.0 Å². The van der Waals surface area contributed by atoms with Gasteiger partial charge in [0.2, 0.25) is 26.0 Å². The summed E-state index contributed by atoms with van der Waals surface area (Å²) in [5.74, 6) is 0.731. The van der Waals surface area contributed by atoms with Gasteiger partial charge in [-0.3, -0.25) is 0 Å². The van der Waals surface area contributed by atoms with E-state index in [1.807, 2.05) is 6.07 Å². The van der Waals surface area contributed by atoms with Crippen molar-refractivity contribution in [3.63, 3.8) is 0 Å². The van der Waals surface area contributed by atoms with Crippen molar-refractivity contribution in [3.05, 3.63) is 71.9 Å². The molecule has 0 saturated heterocycles. The summed E-state index contributed by atoms with van der Waals surface area (Å²) in [5, 5.41) is 13.6. The van der Waals surface area contributed by atoms with Gasteiger partial charge in [0.25, 0.3) is 0 Å². The second-order valence-corrected chi connectivity index (χ2v) is 11.5. The fourth-order valence-electron chi connectivity index (χ4n) is 3.73. The van der Waals surface area contributed by atoms with Crippen LogP contribution in [0, 0.1) is 0 Å². The SMILES string of the molecule is NS(=O)(=O)c1ccc(CNc2nc(C3CC3)c3nc(-c4cccc(S(N)(=O)=O)c4)ccc3n2)cc1. The van der Waals surface area contributed by atoms with Crippen LogP contribution in [0.2, 0.25) is 0 Å². The first-order valence-corrected chi connectivity index (χ1v) is 13.8. The molecule has 0 bridgehead atoms. The smallest absolute Gasteiger partial charge is 0.238 e. The first kappa shape index (κ1) is 23.3. The van der Waals surface area contributed by atoms with Crippen molar-refractivity contribution in [1.82, 2.24) is 15.0 Å². The highest BCUT2D eigenvalue weighted by atomic mass is 32.2. The van der Waals surface area contributed by atoms with Crippen LogP contribution in [-0.2, 0) is 26.6 Å². The number of anilines is 1. The van der Waals surface area contributed by atoms with Gasteiger partial charge < -0.3 is 5.32 Å². The Hall–Kier alpha value is -3.45. The second kappa shape index (κ2) is 8.64. The lowest BCUT2D eigenvalue weighted by atomic mass is 10.1. The van der Waals surface area contributed by atoms with E-state index < -0.39 is 20.0 Å². The zero-order valence-corrected chi connectivity index (χ0v) is 20.1. The quantitative estimate of drug-likeness (QED) is 0.340. The summed E-state index contributed by atoms with van der Waals surface area (Å²) in [6.45, 7) is 0.395. The minimum atomic E-state index is -3.83. The molecule has 1 aliphatic carbocycles. The summed E-state index contributed by atoms with van der Waals surface area (Å²) in [6, 6.07) is 16.2. The molecule has 4 aromatic rings. The summed E-state index contributed by atoms with van der Waals surface area (Å²) in [6.07, 6.45) is 2.01. The average Bonchev–Trinajstić information content (AvgIpc) is 3.67. The molecule has 35 heavy (non-hydrogen) atoms. The number of hydrogen-bond donors (Lipinski definition) is 3. The summed E-state index contributed by atoms with van der Waals surface area (Å²) < 4.78 is 46.3. The van der Waals surface area contributed by atoms with Gasteiger partial charge in [-0.15, -0.1) is 0 Å². The van der Waals surface area contributed by atoms with Crippen LogP contribution in [0.25, 0.3) is 22.3 Å². The number of fused-ring (bicyclic) bond motifs is 1. The van der Waals surface area contributed by atoms with Gasteiger partial charge >= 0.3 is 0 Å². The molecule has 0 unspecified atom stereocenters. The molecule has 10 nitrogen and oxygen atoms in total. The number of nitrogens with two attached hydrogens (primary N) is 2. The minimum Gasteiger partial charge on any atom is -0.350 e. The van der Waals surface area contributed by atoms with Crippen LogP contribution in [-0.4, -0.2) is 31.8 Å². The molecule has 12 heteroatoms. The number of nitrogens with zero attached hydrogens (tertiary/aromatic N) is 3. The van der Waals surface area contributed by atoms with Gasteiger partial charge in [0, 0.05) is 18.0 Å². The van der Waals surface area contributed by atoms with Crippen LogP contribution in [0.3, 0.4) is 0 Å². The highest BCUT2D eigenvalue weighted by molar-refractivity contribution is 7.89. The van der Waals surface area contributed by atoms with Crippen molar-refractivity contribution in [2.45, 2.75) is 35.1 Å². The van der Waals surface area contributed by atoms with Crippen molar-refractivity contribution < 1.29 is 16.8 Å². The fourth-order valence-corrected chi connectivity index (χ4v) is 4.80. The van der Waals surface area contributed by atoms with Gasteiger partial charge in [0.1, 0.15) is 5.52 Å². The molecule has 0 radical (unpaired) electrons. The lowest BCUT2D eigenvalue weighted by molar-refractivity contribution is 0.596. The topological polar surface area (TPSA) is 171 Å². The number of primary sulfonamides is 2. The predicted octanol–water partition coefficient (Wildman–Crippen LogP) is 2.48. The Morgan fingerprint density at radius 1 is 0.829 bits per heavy atom. The van der Waals surface area contributed by atoms with Crippen molar-refractivity contribution in [3.8, 4) is 11.3 Å². The highest BCUT2D eigenvalue weighted by Gasteiger charge is 2.29. The Morgan fingerprint density at radius 3 is 2.20 bits per heavy atom. The standard InChI is InChI=1S/C23H22N6O4S2/c24-34(30,31)17-8-4-14(5-9-17)13-26-23-28-20-11-10-19(27-22(20)21(29-23)15-6-7-15)16-2-1-3-18(12-16)35(25,32)33/h1-5,8-12,15H,6-7,13H2,(H2,24,30,31)(H2,25,32,33)(H,26,28,29). The molecule has 0 aliphatic heterocycles. The van der Waals surface area contributed by atoms with Crippen molar-refractivity contribution in [2.75, 3.05) is 5.32 Å². The molecule has 2 aromatic carbocycles. The second-order valence-electron chi connectivity index (χ2n) is 8.39. The summed E-state index contributed by atoms with van der Waals surface area (Å²) in [4.78, 5) is 14.1. The Bertz CT molecular complexity index is 1650. The van der Waals surface area contributed by atoms with Gasteiger partial charge in [-0.1, -0.05) is 24.3 Å². The number of rotatable bonds is 7. The molecule has 1 aliphatic rings. The maximum absolute atomic E-state index is 11.7. The molecule has 5 rings (SSSR count). The number of nitrogens with one attached hydrogen (secondary N) is 1. The zero-order chi connectivity index (χ0) is 24.8. The van der Waals surface area contributed by atoms with Crippen LogP contribution < -0.4 is 15.6 Å². The highest BCUT2D eigenvalue weighted by Crippen LogP contribution is 2.42. The molecule has 5 N–H and O–H groups in total. The van der Waals surface area contributed by atoms with Crippen molar-refractivity contribution in [1.29, 1.82) is 0 Å². The number of hydrogen-bond acceptors (Lipinski definition) is 8. The molecule has 1 fully saturated rings. The molecule has 1 saturated carbocycles. The number of aromatic nitrogens is 3. The number of pyridine rings is 1. The lowest BCUT2D eigenvalue weighted by Gasteiger charge is -2.11. The molecular weight excluding hydrogens is 488 g/mol. The van der Waals surface area contributed by atoms with Gasteiger partial charge in [-0.25, -0.2) is 42.1 Å². The Balaban J connectivity index is 1.45. The van der Waals surface area contributed by atoms with E-state index in [1.54, 1.807) is 30.3 Å². The number of benzene rings is 2. The van der Waals surface area contributed by atoms with E-state index >= 15 is 0 Å². The van der Waals surface area contributed by atoms with Gasteiger partial charge in [-0.2, -0.15) is 0 Å². The Morgan fingerprint density at radius 2 is 1.54 bits per heavy atom. The van der Waals surface area contributed by atoms with E-state index in [9.17, 15) is 16.8 Å². The maximum Gasteiger partial charge on any atom is 0.238 e. The van der Waals surface area contributed by atoms with Crippen LogP contribution in [0.5, 0.6) is 0 Å². The first-order chi connectivity index (χ1) is 16.6. The maximum atomic E-state index is 11.7. The van der Waals surface area contributed by atoms with Gasteiger partial charge in [0.15, 0.2) is 0 Å². The molecule has 0 amide bonds. The third-order valence-electron chi connectivity index (χ3n) is 5.69. The summed E-state index contributed by atoms with van der Waals surface area (Å²) in [5.41, 5.74) is 4.26. The van der Waals surface area contributed by atoms with Crippen LogP contribution >= 0.6 is 0 Å². The molecule has 2 aromatic heterocycles. The van der Waals surface area contributed by atoms with E-state index in [1.165, 1.54) is 24.3 Å². The average molecular weight is 511 g/mol. The summed E-state index contributed by atoms with van der Waals surface area (Å²) in [7, 11) is -7.57. The number of sulfonamides is 2. The van der Waals surface area contributed by atoms with E-state index in [4.69, 9.17) is 20.2 Å². The van der Waals surface area contributed by atoms with E-state index in [-0.39, 0.29) is 15.7 Å². The van der Waals surface area contributed by atoms with Crippen LogP contribution in [0.15, 0.2) is 70.5 Å². The van der Waals surface area contributed by atoms with Gasteiger partial charge in [0.05, 0.1) is 26.7 Å². The van der Waals surface area contributed by atoms with Crippen molar-refractivity contribution in [2.24, 2.45) is 10.3 Å². The summed E-state index contributed by atoms with van der Waals surface area (Å²) >= 11 is 0. The zero-order valence-electron chi connectivity index (χ0n) is 18.4.